The van der Waals surface area contributed by atoms with Gasteiger partial charge in [0, 0.05) is 44.4 Å². The number of hydrogen-bond acceptors (Lipinski definition) is 4. The van der Waals surface area contributed by atoms with E-state index >= 15 is 0 Å². The molecule has 1 aliphatic heterocycles. The van der Waals surface area contributed by atoms with Gasteiger partial charge in [0.05, 0.1) is 18.9 Å². The van der Waals surface area contributed by atoms with Gasteiger partial charge in [-0.3, -0.25) is 14.4 Å². The maximum atomic E-state index is 11.9. The summed E-state index contributed by atoms with van der Waals surface area (Å²) in [6.45, 7) is 9.71. The van der Waals surface area contributed by atoms with E-state index in [9.17, 15) is 4.79 Å². The number of hydrogen-bond donors (Lipinski definition) is 1. The number of nitrogens with zero attached hydrogens (tertiary/aromatic N) is 3. The normalized spacial score (nSPS) is 16.0. The van der Waals surface area contributed by atoms with Crippen molar-refractivity contribution in [1.82, 2.24) is 20.0 Å². The van der Waals surface area contributed by atoms with E-state index in [1.54, 1.807) is 10.8 Å². The summed E-state index contributed by atoms with van der Waals surface area (Å²) in [5.41, 5.74) is 1.66. The highest BCUT2D eigenvalue weighted by Gasteiger charge is 2.12. The Morgan fingerprint density at radius 2 is 2.12 bits per heavy atom. The van der Waals surface area contributed by atoms with Gasteiger partial charge >= 0.3 is 0 Å². The number of aromatic nitrogens is 2. The molecule has 24 heavy (non-hydrogen) atoms. The molecule has 1 saturated heterocycles. The molecule has 6 nitrogen and oxygen atoms in total. The molecule has 0 saturated carbocycles. The Morgan fingerprint density at radius 1 is 1.38 bits per heavy atom. The predicted molar refractivity (Wildman–Crippen MR) is 96.2 cm³/mol. The zero-order valence-electron chi connectivity index (χ0n) is 14.6. The molecular weight excluding hydrogens is 328 g/mol. The van der Waals surface area contributed by atoms with Crippen LogP contribution in [0.3, 0.4) is 0 Å². The molecule has 7 heteroatoms. The van der Waals surface area contributed by atoms with Crippen molar-refractivity contribution >= 4 is 23.6 Å². The lowest BCUT2D eigenvalue weighted by Crippen LogP contribution is -2.41. The van der Waals surface area contributed by atoms with E-state index in [4.69, 9.17) is 16.3 Å². The second kappa shape index (κ2) is 9.81. The second-order valence-electron chi connectivity index (χ2n) is 5.94. The number of morpholine rings is 1. The van der Waals surface area contributed by atoms with Crippen LogP contribution in [0.4, 0.5) is 0 Å². The SMILES string of the molecule is CCCCn1nc(C)c(C=CC(=O)NCCN2CCOCC2)c1Cl. The largest absolute Gasteiger partial charge is 0.379 e. The number of nitrogens with one attached hydrogen (secondary N) is 1. The van der Waals surface area contributed by atoms with Crippen LogP contribution in [-0.2, 0) is 16.1 Å². The summed E-state index contributed by atoms with van der Waals surface area (Å²) in [5, 5.41) is 7.93. The summed E-state index contributed by atoms with van der Waals surface area (Å²) < 4.78 is 7.10. The number of carbonyl (C=O) groups is 1. The van der Waals surface area contributed by atoms with Crippen LogP contribution in [0.25, 0.3) is 6.08 Å². The first-order chi connectivity index (χ1) is 11.6. The van der Waals surface area contributed by atoms with Crippen molar-refractivity contribution in [2.75, 3.05) is 39.4 Å². The van der Waals surface area contributed by atoms with Gasteiger partial charge in [0.1, 0.15) is 5.15 Å². The van der Waals surface area contributed by atoms with Gasteiger partial charge in [-0.1, -0.05) is 24.9 Å². The minimum atomic E-state index is -0.111. The molecule has 134 valence electrons. The number of aryl methyl sites for hydroxylation is 2. The van der Waals surface area contributed by atoms with Crippen molar-refractivity contribution < 1.29 is 9.53 Å². The van der Waals surface area contributed by atoms with Gasteiger partial charge in [-0.2, -0.15) is 5.10 Å². The van der Waals surface area contributed by atoms with Crippen molar-refractivity contribution in [1.29, 1.82) is 0 Å². The molecular formula is C17H27ClN4O2. The van der Waals surface area contributed by atoms with E-state index in [0.29, 0.717) is 11.7 Å². The standard InChI is InChI=1S/C17H27ClN4O2/c1-3-4-8-22-17(18)15(14(2)20-22)5-6-16(23)19-7-9-21-10-12-24-13-11-21/h5-6H,3-4,7-13H2,1-2H3,(H,19,23). The molecule has 0 aromatic carbocycles. The number of amides is 1. The highest BCUT2D eigenvalue weighted by molar-refractivity contribution is 6.31. The molecule has 1 N–H and O–H groups in total. The van der Waals surface area contributed by atoms with E-state index in [1.165, 1.54) is 6.08 Å². The Morgan fingerprint density at radius 3 is 2.83 bits per heavy atom. The zero-order valence-corrected chi connectivity index (χ0v) is 15.3. The molecule has 0 aliphatic carbocycles. The minimum Gasteiger partial charge on any atom is -0.379 e. The number of ether oxygens (including phenoxy) is 1. The van der Waals surface area contributed by atoms with Crippen LogP contribution in [0.5, 0.6) is 0 Å². The molecule has 1 aliphatic rings. The van der Waals surface area contributed by atoms with E-state index < -0.39 is 0 Å². The second-order valence-corrected chi connectivity index (χ2v) is 6.30. The molecule has 1 aromatic heterocycles. The molecule has 0 unspecified atom stereocenters. The Bertz CT molecular complexity index is 565. The molecule has 0 radical (unpaired) electrons. The van der Waals surface area contributed by atoms with Gasteiger partial charge in [0.2, 0.25) is 5.91 Å². The van der Waals surface area contributed by atoms with Crippen LogP contribution in [0.1, 0.15) is 31.0 Å². The third-order valence-corrected chi connectivity index (χ3v) is 4.46. The maximum Gasteiger partial charge on any atom is 0.244 e. The van der Waals surface area contributed by atoms with E-state index in [1.807, 2.05) is 6.92 Å². The summed E-state index contributed by atoms with van der Waals surface area (Å²) >= 11 is 6.35. The van der Waals surface area contributed by atoms with E-state index in [0.717, 1.165) is 63.5 Å². The first kappa shape index (κ1) is 19.0. The monoisotopic (exact) mass is 354 g/mol. The summed E-state index contributed by atoms with van der Waals surface area (Å²) in [7, 11) is 0. The summed E-state index contributed by atoms with van der Waals surface area (Å²) in [6, 6.07) is 0. The third-order valence-electron chi connectivity index (χ3n) is 4.07. The van der Waals surface area contributed by atoms with Crippen molar-refractivity contribution in [3.05, 3.63) is 22.5 Å². The van der Waals surface area contributed by atoms with Gasteiger partial charge in [-0.15, -0.1) is 0 Å². The lowest BCUT2D eigenvalue weighted by molar-refractivity contribution is -0.116. The fraction of sp³-hybridized carbons (Fsp3) is 0.647. The number of halogens is 1. The molecule has 0 spiro atoms. The summed E-state index contributed by atoms with van der Waals surface area (Å²) in [6.07, 6.45) is 5.40. The average Bonchev–Trinajstić information content (AvgIpc) is 2.85. The predicted octanol–water partition coefficient (Wildman–Crippen LogP) is 2.11. The minimum absolute atomic E-state index is 0.111. The number of rotatable bonds is 8. The highest BCUT2D eigenvalue weighted by atomic mass is 35.5. The quantitative estimate of drug-likeness (QED) is 0.726. The summed E-state index contributed by atoms with van der Waals surface area (Å²) in [5.74, 6) is -0.111. The van der Waals surface area contributed by atoms with Crippen LogP contribution in [-0.4, -0.2) is 60.0 Å². The molecule has 1 fully saturated rings. The lowest BCUT2D eigenvalue weighted by Gasteiger charge is -2.26. The van der Waals surface area contributed by atoms with Gasteiger partial charge in [0.15, 0.2) is 0 Å². The van der Waals surface area contributed by atoms with Crippen molar-refractivity contribution in [2.24, 2.45) is 0 Å². The van der Waals surface area contributed by atoms with E-state index in [2.05, 4.69) is 22.2 Å². The zero-order chi connectivity index (χ0) is 17.4. The molecule has 1 amide bonds. The van der Waals surface area contributed by atoms with Crippen LogP contribution in [0, 0.1) is 6.92 Å². The van der Waals surface area contributed by atoms with Gasteiger partial charge in [0.25, 0.3) is 0 Å². The molecule has 2 rings (SSSR count). The first-order valence-electron chi connectivity index (χ1n) is 8.60. The Hall–Kier alpha value is -1.37. The van der Waals surface area contributed by atoms with Crippen LogP contribution in [0.2, 0.25) is 5.15 Å². The highest BCUT2D eigenvalue weighted by Crippen LogP contribution is 2.21. The van der Waals surface area contributed by atoms with Crippen molar-refractivity contribution in [3.8, 4) is 0 Å². The Kier molecular flexibility index (Phi) is 7.75. The maximum absolute atomic E-state index is 11.9. The lowest BCUT2D eigenvalue weighted by atomic mass is 10.2. The first-order valence-corrected chi connectivity index (χ1v) is 8.98. The Balaban J connectivity index is 1.81. The number of unbranched alkanes of at least 4 members (excludes halogenated alkanes) is 1. The van der Waals surface area contributed by atoms with E-state index in [-0.39, 0.29) is 5.91 Å². The van der Waals surface area contributed by atoms with Gasteiger partial charge in [-0.25, -0.2) is 0 Å². The Labute approximate surface area is 148 Å². The van der Waals surface area contributed by atoms with Crippen molar-refractivity contribution in [3.63, 3.8) is 0 Å². The smallest absolute Gasteiger partial charge is 0.244 e. The van der Waals surface area contributed by atoms with Crippen LogP contribution in [0.15, 0.2) is 6.08 Å². The van der Waals surface area contributed by atoms with Crippen LogP contribution < -0.4 is 5.32 Å². The molecule has 2 heterocycles. The fourth-order valence-electron chi connectivity index (χ4n) is 2.59. The van der Waals surface area contributed by atoms with Gasteiger partial charge in [-0.05, 0) is 19.4 Å². The third kappa shape index (κ3) is 5.61. The van der Waals surface area contributed by atoms with Crippen LogP contribution >= 0.6 is 11.6 Å². The van der Waals surface area contributed by atoms with Gasteiger partial charge < -0.3 is 10.1 Å². The summed E-state index contributed by atoms with van der Waals surface area (Å²) in [4.78, 5) is 14.2. The van der Waals surface area contributed by atoms with Crippen molar-refractivity contribution in [2.45, 2.75) is 33.2 Å². The molecule has 1 aromatic rings. The fourth-order valence-corrected chi connectivity index (χ4v) is 2.91. The molecule has 0 bridgehead atoms. The average molecular weight is 355 g/mol. The topological polar surface area (TPSA) is 59.4 Å². The molecule has 0 atom stereocenters. The number of carbonyl (C=O) groups excluding carboxylic acids is 1.